The van der Waals surface area contributed by atoms with Crippen LogP contribution in [0, 0.1) is 12.8 Å². The van der Waals surface area contributed by atoms with E-state index in [9.17, 15) is 4.79 Å². The number of nitrogens with zero attached hydrogens (tertiary/aromatic N) is 1. The van der Waals surface area contributed by atoms with Gasteiger partial charge in [0.25, 0.3) is 0 Å². The minimum absolute atomic E-state index is 0. The first-order chi connectivity index (χ1) is 11.5. The number of nitrogens with two attached hydrogens (primary N) is 1. The molecule has 1 aliphatic carbocycles. The highest BCUT2D eigenvalue weighted by Crippen LogP contribution is 2.25. The van der Waals surface area contributed by atoms with Gasteiger partial charge in [-0.25, -0.2) is 0 Å². The van der Waals surface area contributed by atoms with Crippen molar-refractivity contribution >= 4 is 36.4 Å². The van der Waals surface area contributed by atoms with Gasteiger partial charge in [-0.2, -0.15) is 0 Å². The molecule has 0 aromatic heterocycles. The van der Waals surface area contributed by atoms with Gasteiger partial charge >= 0.3 is 0 Å². The van der Waals surface area contributed by atoms with Crippen LogP contribution in [-0.2, 0) is 9.53 Å². The van der Waals surface area contributed by atoms with Crippen LogP contribution in [0.3, 0.4) is 0 Å². The normalized spacial score (nSPS) is 21.9. The second-order valence-corrected chi connectivity index (χ2v) is 6.66. The van der Waals surface area contributed by atoms with E-state index in [4.69, 9.17) is 10.5 Å². The average molecular weight is 406 g/mol. The maximum Gasteiger partial charge on any atom is 0.223 e. The number of halogens is 2. The van der Waals surface area contributed by atoms with Crippen molar-refractivity contribution in [3.05, 3.63) is 29.8 Å². The molecule has 0 aliphatic heterocycles. The van der Waals surface area contributed by atoms with Crippen LogP contribution in [0.1, 0.15) is 31.7 Å². The number of benzene rings is 1. The fourth-order valence-corrected chi connectivity index (χ4v) is 3.46. The van der Waals surface area contributed by atoms with Crippen LogP contribution in [0.25, 0.3) is 0 Å². The van der Waals surface area contributed by atoms with E-state index < -0.39 is 0 Å². The second kappa shape index (κ2) is 12.4. The molecule has 0 bridgehead atoms. The molecule has 0 saturated heterocycles. The summed E-state index contributed by atoms with van der Waals surface area (Å²) in [6.45, 7) is 6.61. The van der Waals surface area contributed by atoms with Gasteiger partial charge in [-0.3, -0.25) is 4.79 Å². The van der Waals surface area contributed by atoms with Gasteiger partial charge in [0, 0.05) is 44.4 Å². The van der Waals surface area contributed by atoms with Gasteiger partial charge in [-0.15, -0.1) is 24.8 Å². The van der Waals surface area contributed by atoms with Gasteiger partial charge in [0.05, 0.1) is 6.10 Å². The van der Waals surface area contributed by atoms with E-state index in [-0.39, 0.29) is 48.8 Å². The van der Waals surface area contributed by atoms with E-state index in [1.807, 2.05) is 0 Å². The number of ether oxygens (including phenoxy) is 1. The molecule has 1 aromatic rings. The van der Waals surface area contributed by atoms with Crippen molar-refractivity contribution in [2.45, 2.75) is 45.3 Å². The maximum atomic E-state index is 12.4. The van der Waals surface area contributed by atoms with Crippen molar-refractivity contribution in [1.29, 1.82) is 0 Å². The van der Waals surface area contributed by atoms with Crippen molar-refractivity contribution < 1.29 is 9.53 Å². The van der Waals surface area contributed by atoms with Crippen molar-refractivity contribution in [2.75, 3.05) is 31.6 Å². The molecule has 1 fully saturated rings. The highest BCUT2D eigenvalue weighted by molar-refractivity contribution is 5.85. The Bertz CT molecular complexity index is 545. The number of hydrogen-bond donors (Lipinski definition) is 2. The monoisotopic (exact) mass is 405 g/mol. The Kier molecular flexibility index (Phi) is 11.9. The number of aryl methyl sites for hydroxylation is 1. The number of carbonyl (C=O) groups excluding carboxylic acids is 1. The molecule has 1 amide bonds. The number of rotatable bonds is 7. The summed E-state index contributed by atoms with van der Waals surface area (Å²) < 4.78 is 5.35. The van der Waals surface area contributed by atoms with Crippen LogP contribution < -0.4 is 16.0 Å². The number of nitrogens with one attached hydrogen (secondary N) is 1. The van der Waals surface area contributed by atoms with Gasteiger partial charge in [0.1, 0.15) is 0 Å². The van der Waals surface area contributed by atoms with E-state index >= 15 is 0 Å². The Labute approximate surface area is 169 Å². The third-order valence-electron chi connectivity index (χ3n) is 4.94. The first-order valence-electron chi connectivity index (χ1n) is 8.92. The molecule has 0 heterocycles. The summed E-state index contributed by atoms with van der Waals surface area (Å²) >= 11 is 0. The highest BCUT2D eigenvalue weighted by atomic mass is 35.5. The topological polar surface area (TPSA) is 67.6 Å². The lowest BCUT2D eigenvalue weighted by atomic mass is 9.83. The summed E-state index contributed by atoms with van der Waals surface area (Å²) in [5.41, 5.74) is 8.55. The quantitative estimate of drug-likeness (QED) is 0.731. The Hall–Kier alpha value is -1.01. The van der Waals surface area contributed by atoms with Gasteiger partial charge in [-0.05, 0) is 50.8 Å². The molecule has 1 aromatic carbocycles. The lowest BCUT2D eigenvalue weighted by Gasteiger charge is -2.32. The van der Waals surface area contributed by atoms with Crippen molar-refractivity contribution in [3.63, 3.8) is 0 Å². The number of anilines is 1. The predicted octanol–water partition coefficient (Wildman–Crippen LogP) is 2.92. The van der Waals surface area contributed by atoms with Crippen molar-refractivity contribution in [2.24, 2.45) is 11.7 Å². The summed E-state index contributed by atoms with van der Waals surface area (Å²) in [6.07, 6.45) is 2.51. The average Bonchev–Trinajstić information content (AvgIpc) is 2.58. The molecule has 5 nitrogen and oxygen atoms in total. The zero-order chi connectivity index (χ0) is 17.5. The van der Waals surface area contributed by atoms with Crippen LogP contribution in [0.2, 0.25) is 0 Å². The lowest BCUT2D eigenvalue weighted by Crippen LogP contribution is -2.46. The van der Waals surface area contributed by atoms with Crippen LogP contribution in [0.15, 0.2) is 24.3 Å². The molecule has 3 atom stereocenters. The molecule has 0 radical (unpaired) electrons. The van der Waals surface area contributed by atoms with Crippen molar-refractivity contribution in [1.82, 2.24) is 5.32 Å². The molecular weight excluding hydrogens is 373 g/mol. The SMILES string of the molecule is CCN(CCNC(=O)[C@H]1CC[C@@H](OC)[C@H](N)C1)c1cccc(C)c1.Cl.Cl. The van der Waals surface area contributed by atoms with Gasteiger partial charge < -0.3 is 20.7 Å². The minimum Gasteiger partial charge on any atom is -0.380 e. The lowest BCUT2D eigenvalue weighted by molar-refractivity contribution is -0.127. The standard InChI is InChI=1S/C19H31N3O2.2ClH/c1-4-22(16-7-5-6-14(2)12-16)11-10-21-19(23)15-8-9-18(24-3)17(20)13-15;;/h5-7,12,15,17-18H,4,8-11,13,20H2,1-3H3,(H,21,23);2*1H/t15-,17+,18+;;/m0../s1. The Balaban J connectivity index is 0.00000312. The number of amides is 1. The van der Waals surface area contributed by atoms with Gasteiger partial charge in [0.2, 0.25) is 5.91 Å². The Morgan fingerprint density at radius 3 is 2.65 bits per heavy atom. The smallest absolute Gasteiger partial charge is 0.223 e. The van der Waals surface area contributed by atoms with E-state index in [2.05, 4.69) is 48.3 Å². The van der Waals surface area contributed by atoms with E-state index in [0.29, 0.717) is 13.0 Å². The Morgan fingerprint density at radius 1 is 1.35 bits per heavy atom. The third-order valence-corrected chi connectivity index (χ3v) is 4.94. The molecule has 1 aliphatic rings. The molecule has 0 spiro atoms. The molecule has 0 unspecified atom stereocenters. The highest BCUT2D eigenvalue weighted by Gasteiger charge is 2.31. The first kappa shape index (κ1) is 25.0. The number of carbonyl (C=O) groups is 1. The van der Waals surface area contributed by atoms with Crippen LogP contribution in [0.4, 0.5) is 5.69 Å². The Morgan fingerprint density at radius 2 is 2.08 bits per heavy atom. The van der Waals surface area contributed by atoms with E-state index in [1.165, 1.54) is 11.3 Å². The molecule has 150 valence electrons. The third kappa shape index (κ3) is 6.95. The fraction of sp³-hybridized carbons (Fsp3) is 0.632. The van der Waals surface area contributed by atoms with Gasteiger partial charge in [0.15, 0.2) is 0 Å². The predicted molar refractivity (Wildman–Crippen MR) is 113 cm³/mol. The number of likely N-dealkylation sites (N-methyl/N-ethyl adjacent to an activating group) is 1. The van der Waals surface area contributed by atoms with Crippen molar-refractivity contribution in [3.8, 4) is 0 Å². The second-order valence-electron chi connectivity index (χ2n) is 6.66. The van der Waals surface area contributed by atoms with Crippen LogP contribution >= 0.6 is 24.8 Å². The van der Waals surface area contributed by atoms with E-state index in [0.717, 1.165) is 25.9 Å². The molecule has 3 N–H and O–H groups in total. The fourth-order valence-electron chi connectivity index (χ4n) is 3.46. The largest absolute Gasteiger partial charge is 0.380 e. The number of methoxy groups -OCH3 is 1. The van der Waals surface area contributed by atoms with Crippen LogP contribution in [-0.4, -0.2) is 44.8 Å². The molecule has 26 heavy (non-hydrogen) atoms. The molecule has 2 rings (SSSR count). The summed E-state index contributed by atoms with van der Waals surface area (Å²) in [6, 6.07) is 8.42. The van der Waals surface area contributed by atoms with E-state index in [1.54, 1.807) is 7.11 Å². The summed E-state index contributed by atoms with van der Waals surface area (Å²) in [5.74, 6) is 0.140. The number of hydrogen-bond acceptors (Lipinski definition) is 4. The zero-order valence-electron chi connectivity index (χ0n) is 15.9. The molecule has 1 saturated carbocycles. The molecule has 7 heteroatoms. The van der Waals surface area contributed by atoms with Crippen LogP contribution in [0.5, 0.6) is 0 Å². The summed E-state index contributed by atoms with van der Waals surface area (Å²) in [5, 5.41) is 3.08. The summed E-state index contributed by atoms with van der Waals surface area (Å²) in [7, 11) is 1.69. The van der Waals surface area contributed by atoms with Gasteiger partial charge in [-0.1, -0.05) is 12.1 Å². The maximum absolute atomic E-state index is 12.4. The molecular formula is C19H33Cl2N3O2. The first-order valence-corrected chi connectivity index (χ1v) is 8.92. The minimum atomic E-state index is -0.0427. The summed E-state index contributed by atoms with van der Waals surface area (Å²) in [4.78, 5) is 14.7. The zero-order valence-corrected chi connectivity index (χ0v) is 17.6.